The monoisotopic (exact) mass is 251 g/mol. The second kappa shape index (κ2) is 9.03. The largest absolute Gasteiger partial charge is 0.375 e. The third-order valence-electron chi connectivity index (χ3n) is 2.56. The van der Waals surface area contributed by atoms with Gasteiger partial charge < -0.3 is 15.0 Å². The van der Waals surface area contributed by atoms with Crippen molar-refractivity contribution in [3.8, 4) is 0 Å². The molecule has 0 aliphatic carbocycles. The highest BCUT2D eigenvalue weighted by molar-refractivity contribution is 5.10. The fraction of sp³-hybridized carbons (Fsp3) is 0.643. The van der Waals surface area contributed by atoms with Gasteiger partial charge in [0.05, 0.1) is 18.0 Å². The van der Waals surface area contributed by atoms with Crippen LogP contribution >= 0.6 is 0 Å². The lowest BCUT2D eigenvalue weighted by Crippen LogP contribution is -2.15. The minimum Gasteiger partial charge on any atom is -0.375 e. The summed E-state index contributed by atoms with van der Waals surface area (Å²) in [5.41, 5.74) is 2.08. The SMILES string of the molecule is CCNCc1cccc(COCCCN(C)C)n1. The smallest absolute Gasteiger partial charge is 0.0887 e. The summed E-state index contributed by atoms with van der Waals surface area (Å²) >= 11 is 0. The minimum atomic E-state index is 0.605. The summed E-state index contributed by atoms with van der Waals surface area (Å²) in [5, 5.41) is 3.27. The molecule has 1 aromatic heterocycles. The summed E-state index contributed by atoms with van der Waals surface area (Å²) in [4.78, 5) is 6.71. The first-order valence-corrected chi connectivity index (χ1v) is 6.60. The number of aromatic nitrogens is 1. The summed E-state index contributed by atoms with van der Waals surface area (Å²) in [6.07, 6.45) is 1.06. The van der Waals surface area contributed by atoms with Crippen LogP contribution < -0.4 is 5.32 Å². The molecule has 18 heavy (non-hydrogen) atoms. The lowest BCUT2D eigenvalue weighted by atomic mass is 10.3. The van der Waals surface area contributed by atoms with E-state index in [1.165, 1.54) is 0 Å². The van der Waals surface area contributed by atoms with Crippen LogP contribution in [0.2, 0.25) is 0 Å². The van der Waals surface area contributed by atoms with E-state index in [4.69, 9.17) is 4.74 Å². The first-order valence-electron chi connectivity index (χ1n) is 6.60. The molecule has 0 saturated carbocycles. The number of nitrogens with one attached hydrogen (secondary N) is 1. The van der Waals surface area contributed by atoms with Crippen LogP contribution in [0.25, 0.3) is 0 Å². The van der Waals surface area contributed by atoms with Crippen LogP contribution in [0, 0.1) is 0 Å². The van der Waals surface area contributed by atoms with E-state index in [2.05, 4.69) is 36.2 Å². The Labute approximate surface area is 110 Å². The van der Waals surface area contributed by atoms with Crippen molar-refractivity contribution in [1.82, 2.24) is 15.2 Å². The van der Waals surface area contributed by atoms with E-state index in [0.717, 1.165) is 44.0 Å². The summed E-state index contributed by atoms with van der Waals surface area (Å²) in [7, 11) is 4.15. The molecular weight excluding hydrogens is 226 g/mol. The Morgan fingerprint density at radius 1 is 1.28 bits per heavy atom. The van der Waals surface area contributed by atoms with Crippen molar-refractivity contribution in [1.29, 1.82) is 0 Å². The molecule has 1 aromatic rings. The third-order valence-corrected chi connectivity index (χ3v) is 2.56. The van der Waals surface area contributed by atoms with Crippen molar-refractivity contribution in [2.75, 3.05) is 33.8 Å². The average molecular weight is 251 g/mol. The van der Waals surface area contributed by atoms with Gasteiger partial charge in [0.1, 0.15) is 0 Å². The zero-order valence-corrected chi connectivity index (χ0v) is 11.8. The Hall–Kier alpha value is -0.970. The maximum absolute atomic E-state index is 5.62. The van der Waals surface area contributed by atoms with Gasteiger partial charge in [-0.05, 0) is 45.7 Å². The quantitative estimate of drug-likeness (QED) is 0.677. The molecule has 4 nitrogen and oxygen atoms in total. The van der Waals surface area contributed by atoms with Crippen molar-refractivity contribution in [2.45, 2.75) is 26.5 Å². The molecule has 4 heteroatoms. The van der Waals surface area contributed by atoms with Crippen LogP contribution in [0.4, 0.5) is 0 Å². The zero-order valence-electron chi connectivity index (χ0n) is 11.8. The molecular formula is C14H25N3O. The van der Waals surface area contributed by atoms with E-state index in [9.17, 15) is 0 Å². The summed E-state index contributed by atoms with van der Waals surface area (Å²) < 4.78 is 5.62. The number of rotatable bonds is 9. The predicted octanol–water partition coefficient (Wildman–Crippen LogP) is 1.66. The van der Waals surface area contributed by atoms with Crippen LogP contribution in [0.3, 0.4) is 0 Å². The van der Waals surface area contributed by atoms with Crippen LogP contribution in [-0.4, -0.2) is 43.7 Å². The van der Waals surface area contributed by atoms with Crippen molar-refractivity contribution >= 4 is 0 Å². The molecule has 0 atom stereocenters. The Bertz CT molecular complexity index is 329. The number of ether oxygens (including phenoxy) is 1. The Balaban J connectivity index is 2.24. The van der Waals surface area contributed by atoms with Crippen molar-refractivity contribution in [2.24, 2.45) is 0 Å². The van der Waals surface area contributed by atoms with Gasteiger partial charge in [-0.25, -0.2) is 0 Å². The molecule has 1 N–H and O–H groups in total. The first-order chi connectivity index (χ1) is 8.72. The lowest BCUT2D eigenvalue weighted by Gasteiger charge is -2.09. The summed E-state index contributed by atoms with van der Waals surface area (Å²) in [6.45, 7) is 6.34. The highest BCUT2D eigenvalue weighted by Crippen LogP contribution is 2.01. The highest BCUT2D eigenvalue weighted by atomic mass is 16.5. The molecule has 0 aromatic carbocycles. The number of nitrogens with zero attached hydrogens (tertiary/aromatic N) is 2. The van der Waals surface area contributed by atoms with E-state index in [0.29, 0.717) is 6.61 Å². The molecule has 0 fully saturated rings. The second-order valence-electron chi connectivity index (χ2n) is 4.61. The predicted molar refractivity (Wildman–Crippen MR) is 74.4 cm³/mol. The van der Waals surface area contributed by atoms with Gasteiger partial charge in [0.15, 0.2) is 0 Å². The van der Waals surface area contributed by atoms with E-state index in [1.54, 1.807) is 0 Å². The molecule has 0 saturated heterocycles. The van der Waals surface area contributed by atoms with Crippen LogP contribution in [0.15, 0.2) is 18.2 Å². The lowest BCUT2D eigenvalue weighted by molar-refractivity contribution is 0.110. The van der Waals surface area contributed by atoms with Gasteiger partial charge in [0.25, 0.3) is 0 Å². The van der Waals surface area contributed by atoms with Crippen LogP contribution in [0.1, 0.15) is 24.7 Å². The minimum absolute atomic E-state index is 0.605. The van der Waals surface area contributed by atoms with Gasteiger partial charge in [-0.1, -0.05) is 13.0 Å². The molecule has 102 valence electrons. The average Bonchev–Trinajstić information content (AvgIpc) is 2.36. The molecule has 0 radical (unpaired) electrons. The van der Waals surface area contributed by atoms with Gasteiger partial charge in [-0.15, -0.1) is 0 Å². The topological polar surface area (TPSA) is 37.4 Å². The molecule has 0 bridgehead atoms. The summed E-state index contributed by atoms with van der Waals surface area (Å²) in [6, 6.07) is 6.10. The molecule has 0 unspecified atom stereocenters. The molecule has 0 aliphatic heterocycles. The number of hydrogen-bond acceptors (Lipinski definition) is 4. The zero-order chi connectivity index (χ0) is 13.2. The maximum Gasteiger partial charge on any atom is 0.0887 e. The first kappa shape index (κ1) is 15.1. The Kier molecular flexibility index (Phi) is 7.57. The van der Waals surface area contributed by atoms with Gasteiger partial charge in [-0.2, -0.15) is 0 Å². The molecule has 0 amide bonds. The standard InChI is InChI=1S/C14H25N3O/c1-4-15-11-13-7-5-8-14(16-13)12-18-10-6-9-17(2)3/h5,7-8,15H,4,6,9-12H2,1-3H3. The van der Waals surface area contributed by atoms with Gasteiger partial charge in [0, 0.05) is 13.2 Å². The highest BCUT2D eigenvalue weighted by Gasteiger charge is 1.98. The Morgan fingerprint density at radius 2 is 2.06 bits per heavy atom. The van der Waals surface area contributed by atoms with Gasteiger partial charge in [0.2, 0.25) is 0 Å². The molecule has 1 heterocycles. The van der Waals surface area contributed by atoms with E-state index in [1.807, 2.05) is 18.2 Å². The second-order valence-corrected chi connectivity index (χ2v) is 4.61. The van der Waals surface area contributed by atoms with Gasteiger partial charge >= 0.3 is 0 Å². The van der Waals surface area contributed by atoms with Crippen molar-refractivity contribution in [3.63, 3.8) is 0 Å². The van der Waals surface area contributed by atoms with Crippen LogP contribution in [-0.2, 0) is 17.9 Å². The number of pyridine rings is 1. The van der Waals surface area contributed by atoms with Crippen molar-refractivity contribution < 1.29 is 4.74 Å². The van der Waals surface area contributed by atoms with E-state index in [-0.39, 0.29) is 0 Å². The molecule has 1 rings (SSSR count). The third kappa shape index (κ3) is 6.69. The van der Waals surface area contributed by atoms with Crippen LogP contribution in [0.5, 0.6) is 0 Å². The Morgan fingerprint density at radius 3 is 2.78 bits per heavy atom. The molecule has 0 aliphatic rings. The van der Waals surface area contributed by atoms with Gasteiger partial charge in [-0.3, -0.25) is 4.98 Å². The van der Waals surface area contributed by atoms with E-state index >= 15 is 0 Å². The molecule has 0 spiro atoms. The summed E-state index contributed by atoms with van der Waals surface area (Å²) in [5.74, 6) is 0. The fourth-order valence-electron chi connectivity index (χ4n) is 1.62. The fourth-order valence-corrected chi connectivity index (χ4v) is 1.62. The number of hydrogen-bond donors (Lipinski definition) is 1. The van der Waals surface area contributed by atoms with E-state index < -0.39 is 0 Å². The maximum atomic E-state index is 5.62. The van der Waals surface area contributed by atoms with Crippen molar-refractivity contribution in [3.05, 3.63) is 29.6 Å². The normalized spacial score (nSPS) is 11.1.